The molecule has 0 amide bonds. The predicted molar refractivity (Wildman–Crippen MR) is 245 cm³/mol. The van der Waals surface area contributed by atoms with Gasteiger partial charge in [-0.15, -0.1) is 12.4 Å². The molecule has 6 aromatic rings. The second kappa shape index (κ2) is 26.4. The summed E-state index contributed by atoms with van der Waals surface area (Å²) in [6, 6.07) is 40.2. The number of hydrogen-bond donors (Lipinski definition) is 1. The molecule has 2 atom stereocenters. The summed E-state index contributed by atoms with van der Waals surface area (Å²) < 4.78 is 12.0. The van der Waals surface area contributed by atoms with Crippen LogP contribution in [0.3, 0.4) is 0 Å². The van der Waals surface area contributed by atoms with Crippen LogP contribution in [0.15, 0.2) is 134 Å². The van der Waals surface area contributed by atoms with E-state index in [4.69, 9.17) is 65.3 Å². The fourth-order valence-electron chi connectivity index (χ4n) is 6.88. The van der Waals surface area contributed by atoms with E-state index in [-0.39, 0.29) is 64.0 Å². The molecule has 0 unspecified atom stereocenters. The van der Waals surface area contributed by atoms with Gasteiger partial charge in [0, 0.05) is 64.7 Å². The van der Waals surface area contributed by atoms with Crippen molar-refractivity contribution in [2.75, 3.05) is 36.0 Å². The van der Waals surface area contributed by atoms with Gasteiger partial charge in [0.2, 0.25) is 17.4 Å². The van der Waals surface area contributed by atoms with Crippen LogP contribution in [0.2, 0.25) is 10.0 Å². The summed E-state index contributed by atoms with van der Waals surface area (Å²) in [6.45, 7) is 11.4. The summed E-state index contributed by atoms with van der Waals surface area (Å²) in [5.41, 5.74) is 14.5. The van der Waals surface area contributed by atoms with Crippen LogP contribution in [0.4, 0.5) is 17.1 Å². The van der Waals surface area contributed by atoms with Crippen LogP contribution in [0.25, 0.3) is 27.1 Å². The molecule has 3 radical (unpaired) electrons. The molecule has 4 heterocycles. The first-order chi connectivity index (χ1) is 27.9. The smallest absolute Gasteiger partial charge is 1.00 e. The van der Waals surface area contributed by atoms with Crippen molar-refractivity contribution in [1.82, 2.24) is 9.97 Å². The van der Waals surface area contributed by atoms with Crippen molar-refractivity contribution in [3.8, 4) is 34.0 Å². The standard InChI is InChI=1S/C22H18ClN3O.C22H22ClN3O.B.3ClH.Co.Na.H/c1-24-20-14-17(16-6-3-2-4-7-16)9-10-21(20)26-13-11-18(15-26)27-22-19(23)8-5-12-25-22;23-20-7-4-11-25-22(20)27-19-10-12-26(15-19)21-9-8-17(13-18(21)14-24)16-5-2-1-3-6-16;;;;;;;/h2-10,12,14,18H,11,13,15H2;1-9,11,13,19H,10,12,14-15,24H2;;3*1H;;;/q;;;;;;+2;+1;-1/p-2/t18-;19-;;;;;;;/m00......./s1. The van der Waals surface area contributed by atoms with Gasteiger partial charge in [0.1, 0.15) is 22.3 Å². The van der Waals surface area contributed by atoms with Crippen molar-refractivity contribution in [2.45, 2.75) is 31.6 Å². The summed E-state index contributed by atoms with van der Waals surface area (Å²) in [4.78, 5) is 16.7. The molecule has 4 aromatic carbocycles. The average Bonchev–Trinajstić information content (AvgIpc) is 3.93. The maximum atomic E-state index is 7.61. The molecule has 2 aliphatic rings. The summed E-state index contributed by atoms with van der Waals surface area (Å²) in [7, 11) is 9.47. The Balaban J connectivity index is 0.000000372. The molecule has 0 saturated carbocycles. The molecule has 60 heavy (non-hydrogen) atoms. The molecular weight excluding hydrogens is 915 g/mol. The zero-order valence-corrected chi connectivity index (χ0v) is 39.6. The monoisotopic (exact) mass is 954 g/mol. The SMILES string of the molecule is Cl.NCc1cc(-c2ccccc2)ccc1N1CC[C@H](Oc2ncccc2Cl)C1.[B].[C-]#[N+]c1cc(-c2ccccc2)ccc1N1CC[C@H](Oc2ncccc2Cl)C1.[Cl][Co][Cl].[H-].[Na+]. The van der Waals surface area contributed by atoms with Gasteiger partial charge in [-0.2, -0.15) is 0 Å². The molecule has 308 valence electrons. The number of ether oxygens (including phenoxy) is 2. The maximum absolute atomic E-state index is 7.61. The molecular formula is C44H42BCl5CoN6NaO2. The van der Waals surface area contributed by atoms with Crippen LogP contribution in [-0.2, 0) is 19.4 Å². The van der Waals surface area contributed by atoms with Gasteiger partial charge >= 0.3 is 62.7 Å². The van der Waals surface area contributed by atoms with Crippen LogP contribution in [0.1, 0.15) is 19.8 Å². The Kier molecular flexibility index (Phi) is 22.5. The Morgan fingerprint density at radius 1 is 0.683 bits per heavy atom. The molecule has 2 saturated heterocycles. The number of rotatable bonds is 9. The van der Waals surface area contributed by atoms with Crippen molar-refractivity contribution >= 4 is 81.4 Å². The number of nitrogens with zero attached hydrogens (tertiary/aromatic N) is 5. The van der Waals surface area contributed by atoms with E-state index < -0.39 is 0 Å². The zero-order chi connectivity index (χ0) is 40.0. The summed E-state index contributed by atoms with van der Waals surface area (Å²) in [5.74, 6) is 0.973. The first kappa shape index (κ1) is 51.2. The van der Waals surface area contributed by atoms with Crippen molar-refractivity contribution in [3.63, 3.8) is 0 Å². The van der Waals surface area contributed by atoms with E-state index in [0.29, 0.717) is 53.5 Å². The van der Waals surface area contributed by atoms with Gasteiger partial charge in [-0.25, -0.2) is 14.8 Å². The molecule has 0 aliphatic carbocycles. The number of pyridine rings is 2. The minimum atomic E-state index is 0. The van der Waals surface area contributed by atoms with Gasteiger partial charge in [-0.3, -0.25) is 0 Å². The van der Waals surface area contributed by atoms with Gasteiger partial charge in [0.15, 0.2) is 0 Å². The van der Waals surface area contributed by atoms with Gasteiger partial charge in [0.05, 0.1) is 19.7 Å². The molecule has 2 aromatic heterocycles. The quantitative estimate of drug-likeness (QED) is 0.115. The largest absolute Gasteiger partial charge is 1.00 e. The molecule has 2 aliphatic heterocycles. The maximum Gasteiger partial charge on any atom is 1.00 e. The first-order valence-electron chi connectivity index (χ1n) is 18.2. The topological polar surface area (TPSA) is 81.1 Å². The van der Waals surface area contributed by atoms with Gasteiger partial charge in [0.25, 0.3) is 0 Å². The predicted octanol–water partition coefficient (Wildman–Crippen LogP) is 8.66. The Morgan fingerprint density at radius 3 is 1.58 bits per heavy atom. The normalized spacial score (nSPS) is 15.1. The number of halogens is 5. The third kappa shape index (κ3) is 13.9. The molecule has 0 bridgehead atoms. The fraction of sp³-hybridized carbons (Fsp3) is 0.205. The van der Waals surface area contributed by atoms with E-state index >= 15 is 0 Å². The molecule has 16 heteroatoms. The molecule has 0 spiro atoms. The Bertz CT molecular complexity index is 2270. The van der Waals surface area contributed by atoms with Crippen molar-refractivity contribution < 1.29 is 53.4 Å². The van der Waals surface area contributed by atoms with Crippen LogP contribution in [-0.4, -0.2) is 56.8 Å². The minimum absolute atomic E-state index is 0. The number of benzene rings is 4. The van der Waals surface area contributed by atoms with E-state index in [1.165, 1.54) is 16.8 Å². The number of nitrogens with two attached hydrogens (primary N) is 1. The van der Waals surface area contributed by atoms with E-state index in [9.17, 15) is 0 Å². The van der Waals surface area contributed by atoms with E-state index in [1.54, 1.807) is 36.7 Å². The van der Waals surface area contributed by atoms with Crippen LogP contribution >= 0.6 is 55.9 Å². The molecule has 8 nitrogen and oxygen atoms in total. The number of aromatic nitrogens is 2. The summed E-state index contributed by atoms with van der Waals surface area (Å²) in [6.07, 6.45) is 5.24. The molecule has 8 rings (SSSR count). The van der Waals surface area contributed by atoms with Crippen LogP contribution in [0, 0.1) is 6.57 Å². The minimum Gasteiger partial charge on any atom is -1.00 e. The van der Waals surface area contributed by atoms with E-state index in [2.05, 4.69) is 85.3 Å². The van der Waals surface area contributed by atoms with Crippen LogP contribution in [0.5, 0.6) is 11.8 Å². The Morgan fingerprint density at radius 2 is 1.13 bits per heavy atom. The second-order valence-electron chi connectivity index (χ2n) is 13.2. The number of anilines is 2. The molecule has 2 N–H and O–H groups in total. The van der Waals surface area contributed by atoms with Crippen molar-refractivity contribution in [3.05, 3.63) is 161 Å². The van der Waals surface area contributed by atoms with Gasteiger partial charge in [-0.1, -0.05) is 96.0 Å². The van der Waals surface area contributed by atoms with Gasteiger partial charge < -0.3 is 26.4 Å². The second-order valence-corrected chi connectivity index (χ2v) is 15.7. The third-order valence-electron chi connectivity index (χ3n) is 9.59. The third-order valence-corrected chi connectivity index (χ3v) is 10.2. The van der Waals surface area contributed by atoms with Crippen molar-refractivity contribution in [1.29, 1.82) is 0 Å². The van der Waals surface area contributed by atoms with Crippen LogP contribution < -0.4 is 54.6 Å². The molecule has 2 fully saturated rings. The number of hydrogen-bond acceptors (Lipinski definition) is 7. The van der Waals surface area contributed by atoms with E-state index in [0.717, 1.165) is 54.9 Å². The summed E-state index contributed by atoms with van der Waals surface area (Å²) >= 11 is 12.7. The van der Waals surface area contributed by atoms with E-state index in [1.807, 2.05) is 36.4 Å². The van der Waals surface area contributed by atoms with Crippen molar-refractivity contribution in [2.24, 2.45) is 5.73 Å². The average molecular weight is 957 g/mol. The summed E-state index contributed by atoms with van der Waals surface area (Å²) in [5, 5.41) is 1.07. The fourth-order valence-corrected chi connectivity index (χ4v) is 7.21. The first-order valence-corrected chi connectivity index (χ1v) is 21.9. The van der Waals surface area contributed by atoms with Gasteiger partial charge in [-0.05, 0) is 76.3 Å². The Hall–Kier alpha value is -3.15. The Labute approximate surface area is 409 Å². The zero-order valence-electron chi connectivity index (χ0n) is 33.8.